The van der Waals surface area contributed by atoms with Crippen LogP contribution in [0.25, 0.3) is 6.08 Å². The first-order valence-electron chi connectivity index (χ1n) is 3.69. The lowest BCUT2D eigenvalue weighted by Gasteiger charge is -2.01. The molecule has 0 radical (unpaired) electrons. The van der Waals surface area contributed by atoms with Crippen LogP contribution in [0.5, 0.6) is 0 Å². The van der Waals surface area contributed by atoms with E-state index >= 15 is 0 Å². The number of pyridine rings is 1. The monoisotopic (exact) mass is 148 g/mol. The Morgan fingerprint density at radius 3 is 3.18 bits per heavy atom. The molecule has 1 heterocycles. The zero-order valence-corrected chi connectivity index (χ0v) is 6.67. The molecular formula is C9H12N2. The van der Waals surface area contributed by atoms with Gasteiger partial charge < -0.3 is 5.32 Å². The van der Waals surface area contributed by atoms with Gasteiger partial charge in [-0.3, -0.25) is 0 Å². The lowest BCUT2D eigenvalue weighted by atomic mass is 10.2. The Morgan fingerprint density at radius 1 is 1.73 bits per heavy atom. The summed E-state index contributed by atoms with van der Waals surface area (Å²) < 4.78 is 0. The molecule has 2 heteroatoms. The number of hydrogen-bond acceptors (Lipinski definition) is 2. The second-order valence-electron chi connectivity index (χ2n) is 2.21. The Kier molecular flexibility index (Phi) is 2.66. The van der Waals surface area contributed by atoms with E-state index in [1.54, 1.807) is 6.20 Å². The molecular weight excluding hydrogens is 136 g/mol. The van der Waals surface area contributed by atoms with Crippen LogP contribution in [0.1, 0.15) is 12.5 Å². The largest absolute Gasteiger partial charge is 0.370 e. The molecule has 0 aliphatic rings. The topological polar surface area (TPSA) is 24.9 Å². The van der Waals surface area contributed by atoms with Crippen molar-refractivity contribution in [1.82, 2.24) is 4.98 Å². The van der Waals surface area contributed by atoms with E-state index in [1.165, 1.54) is 0 Å². The summed E-state index contributed by atoms with van der Waals surface area (Å²) in [6.45, 7) is 6.62. The number of aromatic nitrogens is 1. The molecule has 0 aliphatic carbocycles. The molecule has 1 rings (SSSR count). The summed E-state index contributed by atoms with van der Waals surface area (Å²) >= 11 is 0. The molecule has 0 atom stereocenters. The molecule has 1 aromatic heterocycles. The average Bonchev–Trinajstić information content (AvgIpc) is 2.06. The minimum absolute atomic E-state index is 0.896. The van der Waals surface area contributed by atoms with Crippen LogP contribution in [0, 0.1) is 0 Å². The van der Waals surface area contributed by atoms with Crippen LogP contribution in [0.3, 0.4) is 0 Å². The number of nitrogens with zero attached hydrogens (tertiary/aromatic N) is 1. The van der Waals surface area contributed by atoms with Crippen LogP contribution in [0.15, 0.2) is 24.9 Å². The Morgan fingerprint density at radius 2 is 2.55 bits per heavy atom. The maximum atomic E-state index is 4.12. The van der Waals surface area contributed by atoms with Gasteiger partial charge in [-0.15, -0.1) is 0 Å². The molecule has 0 spiro atoms. The second-order valence-corrected chi connectivity index (χ2v) is 2.21. The first-order chi connectivity index (χ1) is 5.36. The third-order valence-electron chi connectivity index (χ3n) is 1.38. The van der Waals surface area contributed by atoms with Gasteiger partial charge in [0.05, 0.1) is 0 Å². The molecule has 2 nitrogen and oxygen atoms in total. The predicted molar refractivity (Wildman–Crippen MR) is 48.5 cm³/mol. The van der Waals surface area contributed by atoms with E-state index in [0.717, 1.165) is 17.9 Å². The van der Waals surface area contributed by atoms with E-state index in [9.17, 15) is 0 Å². The highest BCUT2D eigenvalue weighted by atomic mass is 15.0. The first kappa shape index (κ1) is 7.79. The Bertz CT molecular complexity index is 243. The van der Waals surface area contributed by atoms with Gasteiger partial charge in [-0.25, -0.2) is 4.98 Å². The molecule has 0 fully saturated rings. The SMILES string of the molecule is C=Cc1ccnc(NCC)c1. The van der Waals surface area contributed by atoms with Gasteiger partial charge in [0.15, 0.2) is 0 Å². The highest BCUT2D eigenvalue weighted by Crippen LogP contribution is 2.06. The van der Waals surface area contributed by atoms with Crippen LogP contribution in [0.2, 0.25) is 0 Å². The fraction of sp³-hybridized carbons (Fsp3) is 0.222. The standard InChI is InChI=1S/C9H12N2/c1-3-8-5-6-11-9(7-8)10-4-2/h3,5-7H,1,4H2,2H3,(H,10,11). The summed E-state index contributed by atoms with van der Waals surface area (Å²) in [5.41, 5.74) is 1.09. The molecule has 0 unspecified atom stereocenters. The fourth-order valence-corrected chi connectivity index (χ4v) is 0.852. The summed E-state index contributed by atoms with van der Waals surface area (Å²) in [6.07, 6.45) is 3.58. The lowest BCUT2D eigenvalue weighted by Crippen LogP contribution is -1.98. The zero-order chi connectivity index (χ0) is 8.10. The summed E-state index contributed by atoms with van der Waals surface area (Å²) in [5, 5.41) is 3.12. The van der Waals surface area contributed by atoms with Gasteiger partial charge in [0.25, 0.3) is 0 Å². The molecule has 0 amide bonds. The number of anilines is 1. The third-order valence-corrected chi connectivity index (χ3v) is 1.38. The first-order valence-corrected chi connectivity index (χ1v) is 3.69. The van der Waals surface area contributed by atoms with Crippen molar-refractivity contribution >= 4 is 11.9 Å². The maximum absolute atomic E-state index is 4.12. The van der Waals surface area contributed by atoms with E-state index < -0.39 is 0 Å². The maximum Gasteiger partial charge on any atom is 0.126 e. The van der Waals surface area contributed by atoms with E-state index in [0.29, 0.717) is 0 Å². The van der Waals surface area contributed by atoms with Gasteiger partial charge in [0.1, 0.15) is 5.82 Å². The van der Waals surface area contributed by atoms with E-state index in [4.69, 9.17) is 0 Å². The highest BCUT2D eigenvalue weighted by Gasteiger charge is 1.90. The van der Waals surface area contributed by atoms with Crippen molar-refractivity contribution in [3.05, 3.63) is 30.5 Å². The number of rotatable bonds is 3. The average molecular weight is 148 g/mol. The molecule has 1 N–H and O–H groups in total. The Hall–Kier alpha value is -1.31. The molecule has 0 aliphatic heterocycles. The van der Waals surface area contributed by atoms with Gasteiger partial charge >= 0.3 is 0 Å². The van der Waals surface area contributed by atoms with Gasteiger partial charge in [-0.05, 0) is 24.6 Å². The minimum Gasteiger partial charge on any atom is -0.370 e. The second kappa shape index (κ2) is 3.76. The number of hydrogen-bond donors (Lipinski definition) is 1. The molecule has 58 valence electrons. The fourth-order valence-electron chi connectivity index (χ4n) is 0.852. The van der Waals surface area contributed by atoms with Gasteiger partial charge in [-0.2, -0.15) is 0 Å². The zero-order valence-electron chi connectivity index (χ0n) is 6.67. The van der Waals surface area contributed by atoms with Crippen molar-refractivity contribution in [2.24, 2.45) is 0 Å². The molecule has 11 heavy (non-hydrogen) atoms. The third kappa shape index (κ3) is 2.08. The van der Waals surface area contributed by atoms with E-state index in [2.05, 4.69) is 16.9 Å². The summed E-state index contributed by atoms with van der Waals surface area (Å²) in [4.78, 5) is 4.12. The molecule has 1 aromatic rings. The molecule has 0 saturated carbocycles. The van der Waals surface area contributed by atoms with Crippen molar-refractivity contribution < 1.29 is 0 Å². The van der Waals surface area contributed by atoms with Crippen molar-refractivity contribution in [1.29, 1.82) is 0 Å². The number of nitrogens with one attached hydrogen (secondary N) is 1. The van der Waals surface area contributed by atoms with Crippen molar-refractivity contribution in [2.45, 2.75) is 6.92 Å². The predicted octanol–water partition coefficient (Wildman–Crippen LogP) is 2.16. The smallest absolute Gasteiger partial charge is 0.126 e. The summed E-state index contributed by atoms with van der Waals surface area (Å²) in [7, 11) is 0. The summed E-state index contributed by atoms with van der Waals surface area (Å²) in [5.74, 6) is 0.907. The lowest BCUT2D eigenvalue weighted by molar-refractivity contribution is 1.16. The quantitative estimate of drug-likeness (QED) is 0.710. The molecule has 0 aromatic carbocycles. The highest BCUT2D eigenvalue weighted by molar-refractivity contribution is 5.51. The van der Waals surface area contributed by atoms with Crippen LogP contribution in [0.4, 0.5) is 5.82 Å². The van der Waals surface area contributed by atoms with Crippen LogP contribution >= 0.6 is 0 Å². The van der Waals surface area contributed by atoms with E-state index in [1.807, 2.05) is 25.1 Å². The van der Waals surface area contributed by atoms with Crippen LogP contribution in [-0.4, -0.2) is 11.5 Å². The Balaban J connectivity index is 2.82. The van der Waals surface area contributed by atoms with Crippen LogP contribution < -0.4 is 5.32 Å². The van der Waals surface area contributed by atoms with E-state index in [-0.39, 0.29) is 0 Å². The van der Waals surface area contributed by atoms with Gasteiger partial charge in [0.2, 0.25) is 0 Å². The molecule has 0 saturated heterocycles. The molecule has 0 bridgehead atoms. The van der Waals surface area contributed by atoms with Gasteiger partial charge in [0, 0.05) is 12.7 Å². The normalized spacial score (nSPS) is 9.18. The van der Waals surface area contributed by atoms with Crippen LogP contribution in [-0.2, 0) is 0 Å². The Labute approximate surface area is 67.0 Å². The van der Waals surface area contributed by atoms with Crippen molar-refractivity contribution in [2.75, 3.05) is 11.9 Å². The summed E-state index contributed by atoms with van der Waals surface area (Å²) in [6, 6.07) is 3.89. The van der Waals surface area contributed by atoms with Crippen molar-refractivity contribution in [3.8, 4) is 0 Å². The van der Waals surface area contributed by atoms with Crippen molar-refractivity contribution in [3.63, 3.8) is 0 Å². The minimum atomic E-state index is 0.896. The van der Waals surface area contributed by atoms with Gasteiger partial charge in [-0.1, -0.05) is 12.7 Å².